The van der Waals surface area contributed by atoms with Gasteiger partial charge in [0.15, 0.2) is 5.78 Å². The Labute approximate surface area is 129 Å². The van der Waals surface area contributed by atoms with Crippen LogP contribution < -0.4 is 0 Å². The molecule has 0 amide bonds. The zero-order chi connectivity index (χ0) is 14.5. The Hall–Kier alpha value is -0.610. The average molecular weight is 316 g/mol. The fraction of sp³-hybridized carbons (Fsp3) is 0.533. The lowest BCUT2D eigenvalue weighted by Crippen LogP contribution is -2.39. The molecule has 3 nitrogen and oxygen atoms in total. The van der Waals surface area contributed by atoms with Gasteiger partial charge in [0.1, 0.15) is 0 Å². The number of ketones is 1. The summed E-state index contributed by atoms with van der Waals surface area (Å²) in [5.41, 5.74) is 0.617. The van der Waals surface area contributed by atoms with Crippen molar-refractivity contribution in [3.05, 3.63) is 33.8 Å². The molecule has 2 rings (SSSR count). The Morgan fingerprint density at radius 1 is 1.30 bits per heavy atom. The highest BCUT2D eigenvalue weighted by atomic mass is 35.5. The van der Waals surface area contributed by atoms with Crippen molar-refractivity contribution in [3.8, 4) is 0 Å². The van der Waals surface area contributed by atoms with Gasteiger partial charge >= 0.3 is 0 Å². The van der Waals surface area contributed by atoms with Gasteiger partial charge in [0.05, 0.1) is 22.7 Å². The van der Waals surface area contributed by atoms with E-state index in [1.807, 2.05) is 6.92 Å². The number of Topliss-reactive ketones (excluding diaryl/α,β-unsaturated/α-hetero) is 1. The molecule has 1 fully saturated rings. The second-order valence-electron chi connectivity index (χ2n) is 4.98. The van der Waals surface area contributed by atoms with Crippen molar-refractivity contribution >= 4 is 29.0 Å². The molecule has 0 radical (unpaired) electrons. The van der Waals surface area contributed by atoms with Crippen LogP contribution in [-0.2, 0) is 4.74 Å². The maximum atomic E-state index is 12.2. The molecule has 0 unspecified atom stereocenters. The lowest BCUT2D eigenvalue weighted by Gasteiger charge is -2.31. The van der Waals surface area contributed by atoms with Gasteiger partial charge in [-0.25, -0.2) is 0 Å². The van der Waals surface area contributed by atoms with Crippen LogP contribution in [0.1, 0.15) is 30.1 Å². The summed E-state index contributed by atoms with van der Waals surface area (Å²) >= 11 is 11.8. The van der Waals surface area contributed by atoms with Gasteiger partial charge in [-0.2, -0.15) is 0 Å². The maximum absolute atomic E-state index is 12.2. The number of likely N-dealkylation sites (tertiary alicyclic amines) is 1. The van der Waals surface area contributed by atoms with Crippen molar-refractivity contribution in [1.29, 1.82) is 0 Å². The number of ether oxygens (including phenoxy) is 1. The normalized spacial score (nSPS) is 17.4. The van der Waals surface area contributed by atoms with E-state index in [1.165, 1.54) is 0 Å². The summed E-state index contributed by atoms with van der Waals surface area (Å²) in [5, 5.41) is 0.897. The molecular weight excluding hydrogens is 297 g/mol. The fourth-order valence-corrected chi connectivity index (χ4v) is 2.73. The topological polar surface area (TPSA) is 29.5 Å². The van der Waals surface area contributed by atoms with E-state index in [9.17, 15) is 4.79 Å². The molecule has 0 aliphatic carbocycles. The third kappa shape index (κ3) is 4.19. The molecule has 0 N–H and O–H groups in total. The SMILES string of the molecule is CCOC1CCN(CC(=O)c2ccc(Cl)c(Cl)c2)CC1. The first-order chi connectivity index (χ1) is 9.60. The first kappa shape index (κ1) is 15.8. The number of piperidine rings is 1. The molecule has 1 aromatic carbocycles. The van der Waals surface area contributed by atoms with E-state index in [0.717, 1.165) is 32.5 Å². The highest BCUT2D eigenvalue weighted by Gasteiger charge is 2.21. The molecule has 5 heteroatoms. The summed E-state index contributed by atoms with van der Waals surface area (Å²) in [4.78, 5) is 14.4. The lowest BCUT2D eigenvalue weighted by atomic mass is 10.1. The molecule has 20 heavy (non-hydrogen) atoms. The number of nitrogens with zero attached hydrogens (tertiary/aromatic N) is 1. The van der Waals surface area contributed by atoms with Crippen LogP contribution >= 0.6 is 23.2 Å². The van der Waals surface area contributed by atoms with E-state index in [1.54, 1.807) is 18.2 Å². The van der Waals surface area contributed by atoms with Crippen LogP contribution in [0.25, 0.3) is 0 Å². The number of hydrogen-bond acceptors (Lipinski definition) is 3. The predicted molar refractivity (Wildman–Crippen MR) is 81.9 cm³/mol. The largest absolute Gasteiger partial charge is 0.378 e. The summed E-state index contributed by atoms with van der Waals surface area (Å²) in [5.74, 6) is 0.0819. The van der Waals surface area contributed by atoms with Gasteiger partial charge < -0.3 is 4.74 Å². The zero-order valence-corrected chi connectivity index (χ0v) is 13.1. The quantitative estimate of drug-likeness (QED) is 0.776. The molecular formula is C15H19Cl2NO2. The van der Waals surface area contributed by atoms with Gasteiger partial charge in [0, 0.05) is 25.3 Å². The second-order valence-corrected chi connectivity index (χ2v) is 5.80. The third-order valence-corrected chi connectivity index (χ3v) is 4.28. The standard InChI is InChI=1S/C15H19Cl2NO2/c1-2-20-12-5-7-18(8-6-12)10-15(19)11-3-4-13(16)14(17)9-11/h3-4,9,12H,2,5-8,10H2,1H3. The molecule has 1 aliphatic rings. The first-order valence-corrected chi connectivity index (χ1v) is 7.68. The minimum absolute atomic E-state index is 0.0819. The van der Waals surface area contributed by atoms with Gasteiger partial charge in [0.2, 0.25) is 0 Å². The van der Waals surface area contributed by atoms with Crippen LogP contribution in [0.5, 0.6) is 0 Å². The number of benzene rings is 1. The average Bonchev–Trinajstić information content (AvgIpc) is 2.44. The minimum Gasteiger partial charge on any atom is -0.378 e. The van der Waals surface area contributed by atoms with Crippen molar-refractivity contribution < 1.29 is 9.53 Å². The smallest absolute Gasteiger partial charge is 0.176 e. The van der Waals surface area contributed by atoms with E-state index in [2.05, 4.69) is 4.90 Å². The predicted octanol–water partition coefficient (Wildman–Crippen LogP) is 3.68. The summed E-state index contributed by atoms with van der Waals surface area (Å²) in [6.45, 7) is 5.00. The number of carbonyl (C=O) groups is 1. The van der Waals surface area contributed by atoms with Crippen LogP contribution in [0, 0.1) is 0 Å². The van der Waals surface area contributed by atoms with E-state index >= 15 is 0 Å². The van der Waals surface area contributed by atoms with Crippen molar-refractivity contribution in [2.75, 3.05) is 26.2 Å². The Morgan fingerprint density at radius 3 is 2.60 bits per heavy atom. The lowest BCUT2D eigenvalue weighted by molar-refractivity contribution is 0.0147. The van der Waals surface area contributed by atoms with Gasteiger partial charge in [-0.05, 0) is 38.0 Å². The Kier molecular flexibility index (Phi) is 5.85. The number of carbonyl (C=O) groups excluding carboxylic acids is 1. The summed E-state index contributed by atoms with van der Waals surface area (Å²) < 4.78 is 5.61. The third-order valence-electron chi connectivity index (χ3n) is 3.55. The van der Waals surface area contributed by atoms with E-state index < -0.39 is 0 Å². The second kappa shape index (κ2) is 7.41. The highest BCUT2D eigenvalue weighted by Crippen LogP contribution is 2.23. The van der Waals surface area contributed by atoms with Gasteiger partial charge in [-0.3, -0.25) is 9.69 Å². The van der Waals surface area contributed by atoms with Crippen LogP contribution in [0.2, 0.25) is 10.0 Å². The Morgan fingerprint density at radius 2 is 2.00 bits per heavy atom. The fourth-order valence-electron chi connectivity index (χ4n) is 2.43. The molecule has 1 aromatic rings. The summed E-state index contributed by atoms with van der Waals surface area (Å²) in [6.07, 6.45) is 2.32. The highest BCUT2D eigenvalue weighted by molar-refractivity contribution is 6.42. The molecule has 0 bridgehead atoms. The van der Waals surface area contributed by atoms with Crippen LogP contribution in [0.4, 0.5) is 0 Å². The first-order valence-electron chi connectivity index (χ1n) is 6.92. The summed E-state index contributed by atoms with van der Waals surface area (Å²) in [6, 6.07) is 5.03. The Balaban J connectivity index is 1.87. The molecule has 0 saturated carbocycles. The van der Waals surface area contributed by atoms with E-state index in [-0.39, 0.29) is 5.78 Å². The zero-order valence-electron chi connectivity index (χ0n) is 11.6. The van der Waals surface area contributed by atoms with Gasteiger partial charge in [-0.1, -0.05) is 23.2 Å². The van der Waals surface area contributed by atoms with E-state index in [4.69, 9.17) is 27.9 Å². The monoisotopic (exact) mass is 315 g/mol. The summed E-state index contributed by atoms with van der Waals surface area (Å²) in [7, 11) is 0. The van der Waals surface area contributed by atoms with Gasteiger partial charge in [0.25, 0.3) is 0 Å². The number of rotatable bonds is 5. The number of hydrogen-bond donors (Lipinski definition) is 0. The van der Waals surface area contributed by atoms with Gasteiger partial charge in [-0.15, -0.1) is 0 Å². The van der Waals surface area contributed by atoms with Crippen molar-refractivity contribution in [2.24, 2.45) is 0 Å². The van der Waals surface area contributed by atoms with Crippen molar-refractivity contribution in [3.63, 3.8) is 0 Å². The Bertz CT molecular complexity index is 471. The van der Waals surface area contributed by atoms with E-state index in [0.29, 0.717) is 28.3 Å². The molecule has 1 saturated heterocycles. The molecule has 0 spiro atoms. The molecule has 0 atom stereocenters. The van der Waals surface area contributed by atoms with Crippen LogP contribution in [0.15, 0.2) is 18.2 Å². The molecule has 1 aliphatic heterocycles. The molecule has 1 heterocycles. The number of halogens is 2. The van der Waals surface area contributed by atoms with Crippen molar-refractivity contribution in [1.82, 2.24) is 4.90 Å². The van der Waals surface area contributed by atoms with Crippen LogP contribution in [0.3, 0.4) is 0 Å². The molecule has 110 valence electrons. The molecule has 0 aromatic heterocycles. The van der Waals surface area contributed by atoms with Crippen molar-refractivity contribution in [2.45, 2.75) is 25.9 Å². The maximum Gasteiger partial charge on any atom is 0.176 e. The minimum atomic E-state index is 0.0819. The van der Waals surface area contributed by atoms with Crippen LogP contribution in [-0.4, -0.2) is 43.0 Å².